The van der Waals surface area contributed by atoms with Crippen LogP contribution >= 0.6 is 28.1 Å². The highest BCUT2D eigenvalue weighted by atomic mass is 79.9. The molecular formula is C16H17BrN4O2S. The van der Waals surface area contributed by atoms with Crippen LogP contribution in [-0.4, -0.2) is 30.5 Å². The molecule has 0 unspecified atom stereocenters. The van der Waals surface area contributed by atoms with Crippen LogP contribution in [0, 0.1) is 0 Å². The number of pyridine rings is 1. The predicted molar refractivity (Wildman–Crippen MR) is 102 cm³/mol. The second-order valence-corrected chi connectivity index (χ2v) is 5.86. The molecule has 1 aromatic heterocycles. The van der Waals surface area contributed by atoms with Gasteiger partial charge in [0.1, 0.15) is 6.61 Å². The minimum Gasteiger partial charge on any atom is -0.493 e. The molecule has 126 valence electrons. The molecule has 8 heteroatoms. The van der Waals surface area contributed by atoms with Gasteiger partial charge in [0.25, 0.3) is 0 Å². The number of hydrogen-bond donors (Lipinski definition) is 2. The number of thiocarbonyl (C=S) groups is 1. The number of nitrogens with zero attached hydrogens (tertiary/aromatic N) is 2. The lowest BCUT2D eigenvalue weighted by molar-refractivity contribution is 0.279. The van der Waals surface area contributed by atoms with Gasteiger partial charge in [-0.15, -0.1) is 0 Å². The summed E-state index contributed by atoms with van der Waals surface area (Å²) < 4.78 is 12.0. The molecule has 0 atom stereocenters. The SMILES string of the molecule is CNC(=S)NN=Cc1cc(Br)c(OCc2ccccn2)c(OC)c1. The molecule has 0 radical (unpaired) electrons. The fourth-order valence-corrected chi connectivity index (χ4v) is 2.43. The van der Waals surface area contributed by atoms with Crippen LogP contribution in [0.15, 0.2) is 46.1 Å². The zero-order valence-corrected chi connectivity index (χ0v) is 15.6. The van der Waals surface area contributed by atoms with Crippen LogP contribution in [0.2, 0.25) is 0 Å². The van der Waals surface area contributed by atoms with Crippen molar-refractivity contribution in [3.8, 4) is 11.5 Å². The smallest absolute Gasteiger partial charge is 0.186 e. The third-order valence-electron chi connectivity index (χ3n) is 2.95. The molecule has 0 saturated carbocycles. The van der Waals surface area contributed by atoms with E-state index in [1.807, 2.05) is 30.3 Å². The molecule has 0 fully saturated rings. The Kier molecular flexibility index (Phi) is 6.95. The van der Waals surface area contributed by atoms with E-state index in [2.05, 4.69) is 36.8 Å². The van der Waals surface area contributed by atoms with E-state index >= 15 is 0 Å². The summed E-state index contributed by atoms with van der Waals surface area (Å²) >= 11 is 8.45. The van der Waals surface area contributed by atoms with E-state index in [0.717, 1.165) is 15.7 Å². The van der Waals surface area contributed by atoms with Crippen molar-refractivity contribution in [3.05, 3.63) is 52.3 Å². The van der Waals surface area contributed by atoms with Crippen LogP contribution in [0.4, 0.5) is 0 Å². The topological polar surface area (TPSA) is 67.8 Å². The van der Waals surface area contributed by atoms with Crippen molar-refractivity contribution in [2.24, 2.45) is 5.10 Å². The maximum Gasteiger partial charge on any atom is 0.186 e. The molecule has 0 aliphatic rings. The number of methoxy groups -OCH3 is 1. The molecule has 24 heavy (non-hydrogen) atoms. The number of halogens is 1. The van der Waals surface area contributed by atoms with Crippen molar-refractivity contribution in [1.29, 1.82) is 0 Å². The summed E-state index contributed by atoms with van der Waals surface area (Å²) in [5.41, 5.74) is 4.36. The summed E-state index contributed by atoms with van der Waals surface area (Å²) in [5.74, 6) is 1.21. The lowest BCUT2D eigenvalue weighted by Gasteiger charge is -2.13. The van der Waals surface area contributed by atoms with Gasteiger partial charge in [-0.2, -0.15) is 5.10 Å². The van der Waals surface area contributed by atoms with E-state index < -0.39 is 0 Å². The minimum absolute atomic E-state index is 0.348. The third kappa shape index (κ3) is 5.17. The van der Waals surface area contributed by atoms with Gasteiger partial charge in [-0.05, 0) is 58.0 Å². The minimum atomic E-state index is 0.348. The molecule has 2 aromatic rings. The van der Waals surface area contributed by atoms with E-state index in [1.165, 1.54) is 0 Å². The van der Waals surface area contributed by atoms with Gasteiger partial charge < -0.3 is 14.8 Å². The van der Waals surface area contributed by atoms with E-state index in [-0.39, 0.29) is 0 Å². The summed E-state index contributed by atoms with van der Waals surface area (Å²) in [5, 5.41) is 7.26. The van der Waals surface area contributed by atoms with Crippen LogP contribution in [0.5, 0.6) is 11.5 Å². The van der Waals surface area contributed by atoms with Gasteiger partial charge in [0.05, 0.1) is 23.5 Å². The van der Waals surface area contributed by atoms with Crippen LogP contribution in [-0.2, 0) is 6.61 Å². The number of rotatable bonds is 6. The first kappa shape index (κ1) is 18.2. The highest BCUT2D eigenvalue weighted by Gasteiger charge is 2.11. The number of benzene rings is 1. The van der Waals surface area contributed by atoms with Crippen LogP contribution in [0.3, 0.4) is 0 Å². The monoisotopic (exact) mass is 408 g/mol. The van der Waals surface area contributed by atoms with Crippen molar-refractivity contribution in [2.45, 2.75) is 6.61 Å². The molecule has 0 saturated heterocycles. The molecule has 0 aliphatic carbocycles. The van der Waals surface area contributed by atoms with Gasteiger partial charge >= 0.3 is 0 Å². The van der Waals surface area contributed by atoms with Gasteiger partial charge in [0.2, 0.25) is 0 Å². The van der Waals surface area contributed by atoms with Crippen molar-refractivity contribution >= 4 is 39.5 Å². The molecule has 2 rings (SSSR count). The molecule has 2 N–H and O–H groups in total. The van der Waals surface area contributed by atoms with Crippen molar-refractivity contribution in [3.63, 3.8) is 0 Å². The first-order chi connectivity index (χ1) is 11.6. The summed E-state index contributed by atoms with van der Waals surface area (Å²) in [7, 11) is 3.31. The Morgan fingerprint density at radius 1 is 1.42 bits per heavy atom. The summed E-state index contributed by atoms with van der Waals surface area (Å²) in [6, 6.07) is 9.38. The first-order valence-corrected chi connectivity index (χ1v) is 8.25. The average Bonchev–Trinajstić information content (AvgIpc) is 2.61. The number of nitrogens with one attached hydrogen (secondary N) is 2. The Balaban J connectivity index is 2.13. The molecule has 1 heterocycles. The average molecular weight is 409 g/mol. The van der Waals surface area contributed by atoms with Crippen molar-refractivity contribution in [2.75, 3.05) is 14.2 Å². The van der Waals surface area contributed by atoms with Crippen molar-refractivity contribution < 1.29 is 9.47 Å². The molecule has 1 aromatic carbocycles. The Hall–Kier alpha value is -2.19. The van der Waals surface area contributed by atoms with Crippen molar-refractivity contribution in [1.82, 2.24) is 15.7 Å². The van der Waals surface area contributed by atoms with Gasteiger partial charge in [-0.25, -0.2) is 0 Å². The van der Waals surface area contributed by atoms with E-state index in [0.29, 0.717) is 23.2 Å². The highest BCUT2D eigenvalue weighted by molar-refractivity contribution is 9.10. The quantitative estimate of drug-likeness (QED) is 0.435. The highest BCUT2D eigenvalue weighted by Crippen LogP contribution is 2.36. The predicted octanol–water partition coefficient (Wildman–Crippen LogP) is 2.86. The third-order valence-corrected chi connectivity index (χ3v) is 3.83. The normalized spacial score (nSPS) is 10.5. The second-order valence-electron chi connectivity index (χ2n) is 4.59. The molecular weight excluding hydrogens is 392 g/mol. The Morgan fingerprint density at radius 3 is 2.92 bits per heavy atom. The molecule has 6 nitrogen and oxygen atoms in total. The first-order valence-electron chi connectivity index (χ1n) is 7.05. The summed E-state index contributed by atoms with van der Waals surface area (Å²) in [6.07, 6.45) is 3.37. The van der Waals surface area contributed by atoms with Crippen LogP contribution in [0.25, 0.3) is 0 Å². The fourth-order valence-electron chi connectivity index (χ4n) is 1.81. The van der Waals surface area contributed by atoms with Gasteiger partial charge in [0, 0.05) is 13.2 Å². The second kappa shape index (κ2) is 9.19. The van der Waals surface area contributed by atoms with E-state index in [4.69, 9.17) is 21.7 Å². The van der Waals surface area contributed by atoms with Gasteiger partial charge in [-0.1, -0.05) is 6.07 Å². The standard InChI is InChI=1S/C16H17BrN4O2S/c1-18-16(24)21-20-9-11-7-13(17)15(14(8-11)22-2)23-10-12-5-3-4-6-19-12/h3-9H,10H2,1-2H3,(H2,18,21,24). The maximum atomic E-state index is 5.83. The number of aromatic nitrogens is 1. The van der Waals surface area contributed by atoms with Crippen LogP contribution in [0.1, 0.15) is 11.3 Å². The maximum absolute atomic E-state index is 5.83. The van der Waals surface area contributed by atoms with E-state index in [9.17, 15) is 0 Å². The van der Waals surface area contributed by atoms with Gasteiger partial charge in [-0.3, -0.25) is 10.4 Å². The fraction of sp³-hybridized carbons (Fsp3) is 0.188. The Morgan fingerprint density at radius 2 is 2.25 bits per heavy atom. The Labute approximate surface area is 154 Å². The van der Waals surface area contributed by atoms with Gasteiger partial charge in [0.15, 0.2) is 16.6 Å². The summed E-state index contributed by atoms with van der Waals surface area (Å²) in [6.45, 7) is 0.348. The zero-order valence-electron chi connectivity index (χ0n) is 13.2. The summed E-state index contributed by atoms with van der Waals surface area (Å²) in [4.78, 5) is 4.23. The Bertz CT molecular complexity index is 726. The molecule has 0 spiro atoms. The zero-order chi connectivity index (χ0) is 17.4. The number of ether oxygens (including phenoxy) is 2. The van der Waals surface area contributed by atoms with E-state index in [1.54, 1.807) is 26.6 Å². The number of hydrazone groups is 1. The van der Waals surface area contributed by atoms with Crippen LogP contribution < -0.4 is 20.2 Å². The molecule has 0 amide bonds. The number of hydrogen-bond acceptors (Lipinski definition) is 5. The molecule has 0 bridgehead atoms. The molecule has 0 aliphatic heterocycles. The lowest BCUT2D eigenvalue weighted by Crippen LogP contribution is -2.28. The lowest BCUT2D eigenvalue weighted by atomic mass is 10.2. The largest absolute Gasteiger partial charge is 0.493 e.